The first kappa shape index (κ1) is 59.7. The number of nitrogens with one attached hydrogen (secondary N) is 3. The molecule has 6 rings (SSSR count). The molecule has 0 saturated carbocycles. The number of carbonyl (C=O) groups is 6. The number of aromatic amines is 2. The largest absolute Gasteiger partial charge is 0.465 e. The van der Waals surface area contributed by atoms with Gasteiger partial charge in [-0.2, -0.15) is 20.9 Å². The van der Waals surface area contributed by atoms with E-state index in [0.29, 0.717) is 26.6 Å². The van der Waals surface area contributed by atoms with Gasteiger partial charge in [-0.05, 0) is 93.7 Å². The van der Waals surface area contributed by atoms with Crippen LogP contribution in [-0.4, -0.2) is 85.3 Å². The van der Waals surface area contributed by atoms with Crippen LogP contribution in [0.5, 0.6) is 0 Å². The lowest BCUT2D eigenvalue weighted by Gasteiger charge is -2.06. The molecule has 6 aromatic heterocycles. The number of ether oxygens (including phenoxy) is 5. The number of nitrogen functional groups attached to an aromatic ring is 1. The molecule has 0 radical (unpaired) electrons. The zero-order valence-corrected chi connectivity index (χ0v) is 42.1. The number of ketones is 1. The van der Waals surface area contributed by atoms with Crippen molar-refractivity contribution in [2.45, 2.75) is 54.9 Å². The Morgan fingerprint density at radius 2 is 1.19 bits per heavy atom. The highest BCUT2D eigenvalue weighted by molar-refractivity contribution is 7.17. The third-order valence-electron chi connectivity index (χ3n) is 8.08. The van der Waals surface area contributed by atoms with Crippen molar-refractivity contribution in [3.63, 3.8) is 0 Å². The van der Waals surface area contributed by atoms with Crippen LogP contribution in [0.4, 0.5) is 11.4 Å². The molecule has 0 atom stereocenters. The number of hydrogen-bond donors (Lipinski definition) is 4. The molecule has 0 fully saturated rings. The van der Waals surface area contributed by atoms with E-state index in [-0.39, 0.29) is 71.3 Å². The van der Waals surface area contributed by atoms with Crippen molar-refractivity contribution in [3.05, 3.63) is 123 Å². The number of hydrogen-bond acceptors (Lipinski definition) is 21. The summed E-state index contributed by atoms with van der Waals surface area (Å²) in [5.41, 5.74) is 8.71. The number of methoxy groups -OCH3 is 1. The van der Waals surface area contributed by atoms with E-state index >= 15 is 0 Å². The second-order valence-corrected chi connectivity index (χ2v) is 16.0. The lowest BCUT2D eigenvalue weighted by Crippen LogP contribution is -2.19. The maximum absolute atomic E-state index is 11.8. The van der Waals surface area contributed by atoms with E-state index in [2.05, 4.69) is 20.0 Å². The van der Waals surface area contributed by atoms with E-state index in [1.54, 1.807) is 56.7 Å². The second-order valence-electron chi connectivity index (χ2n) is 12.5. The van der Waals surface area contributed by atoms with E-state index in [4.69, 9.17) is 34.3 Å². The molecule has 6 aromatic rings. The summed E-state index contributed by atoms with van der Waals surface area (Å²) in [5.74, 6) is -2.72. The first-order valence-electron chi connectivity index (χ1n) is 20.5. The summed E-state index contributed by atoms with van der Waals surface area (Å²) in [6.45, 7) is 13.2. The zero-order chi connectivity index (χ0) is 51.9. The number of carbonyl (C=O) groups excluding carboxylic acids is 8. The summed E-state index contributed by atoms with van der Waals surface area (Å²) in [7, 11) is 1.33. The van der Waals surface area contributed by atoms with Gasteiger partial charge < -0.3 is 44.7 Å². The van der Waals surface area contributed by atoms with E-state index < -0.39 is 17.9 Å². The quantitative estimate of drug-likeness (QED) is 0.0212. The molecule has 23 heteroatoms. The van der Waals surface area contributed by atoms with Gasteiger partial charge in [0.25, 0.3) is 0 Å². The van der Waals surface area contributed by atoms with Gasteiger partial charge in [0.15, 0.2) is 11.4 Å². The average Bonchev–Trinajstić information content (AvgIpc) is 4.18. The van der Waals surface area contributed by atoms with E-state index in [1.807, 2.05) is 42.1 Å². The van der Waals surface area contributed by atoms with Gasteiger partial charge in [-0.15, -0.1) is 34.0 Å². The fourth-order valence-corrected chi connectivity index (χ4v) is 7.84. The third-order valence-corrected chi connectivity index (χ3v) is 11.5. The number of Topliss-reactive ketones (excluding diaryl/α,β-unsaturated/α-hetero) is 1. The third kappa shape index (κ3) is 19.8. The second kappa shape index (κ2) is 33.2. The highest BCUT2D eigenvalue weighted by atomic mass is 32.1. The van der Waals surface area contributed by atoms with Crippen molar-refractivity contribution in [2.24, 2.45) is 0 Å². The number of rotatable bonds is 13. The summed E-state index contributed by atoms with van der Waals surface area (Å²) in [6.07, 6.45) is 6.96. The lowest BCUT2D eigenvalue weighted by molar-refractivity contribution is -0.191. The molecule has 0 aliphatic heterocycles. The van der Waals surface area contributed by atoms with Gasteiger partial charge >= 0.3 is 36.0 Å². The van der Waals surface area contributed by atoms with Crippen molar-refractivity contribution in [2.75, 3.05) is 44.6 Å². The Morgan fingerprint density at radius 3 is 1.61 bits per heavy atom. The molecule has 0 aliphatic rings. The minimum absolute atomic E-state index is 0.0619. The van der Waals surface area contributed by atoms with E-state index in [0.717, 1.165) is 28.7 Å². The molecule has 370 valence electrons. The van der Waals surface area contributed by atoms with Crippen molar-refractivity contribution in [1.82, 2.24) is 9.97 Å². The van der Waals surface area contributed by atoms with Gasteiger partial charge in [0, 0.05) is 35.2 Å². The highest BCUT2D eigenvalue weighted by Gasteiger charge is 2.21. The van der Waals surface area contributed by atoms with Crippen molar-refractivity contribution in [3.8, 4) is 0 Å². The Labute approximate surface area is 411 Å². The van der Waals surface area contributed by atoms with Crippen LogP contribution in [0.15, 0.2) is 96.6 Å². The minimum Gasteiger partial charge on any atom is -0.465 e. The normalized spacial score (nSPS) is 9.83. The number of pyridine rings is 2. The first-order chi connectivity index (χ1) is 33.0. The van der Waals surface area contributed by atoms with Crippen LogP contribution in [0.2, 0.25) is 0 Å². The zero-order valence-electron chi connectivity index (χ0n) is 38.9. The predicted molar refractivity (Wildman–Crippen MR) is 266 cm³/mol. The standard InChI is InChI=1S/C12H15NO4S.C10H9NO3S.C9H7NO2S.C8H14O2.C6H7NO2S.CO2/c1-3-16-11(14)10(12(15)17-4-2)7-13-9-5-6-18-8-9;1-2-14-10(13)6-5-11-7-3-4-15-9(7)8(6)12;1-5(11)6-4-10-7-2-3-13-9(7)8(6)12;1-4-7(5-2)8(9)10-6-3;1-9-6(8)5-4(7)2-3-10-5;2-1-3/h5-8,13H,3-4H2,1-2H3;3-5H,2H2,1H3,(H,11,12);2-4H,1H3,(H,10,12);4H,5-6H2,1-3H3;2-3H,7H2,1H3;/b;;;7-4+;;. The van der Waals surface area contributed by atoms with Crippen LogP contribution in [0.1, 0.15) is 85.3 Å². The first-order valence-corrected chi connectivity index (χ1v) is 24.1. The fraction of sp³-hybridized carbons (Fsp3) is 0.283. The summed E-state index contributed by atoms with van der Waals surface area (Å²) < 4.78 is 24.8. The van der Waals surface area contributed by atoms with Crippen LogP contribution in [0, 0.1) is 0 Å². The number of allylic oxidation sites excluding steroid dienone is 1. The monoisotopic (exact) mass is 1030 g/mol. The Morgan fingerprint density at radius 1 is 0.696 bits per heavy atom. The number of thiophene rings is 4. The molecule has 0 unspecified atom stereocenters. The van der Waals surface area contributed by atoms with Gasteiger partial charge in [-0.1, -0.05) is 13.0 Å². The fourth-order valence-electron chi connectivity index (χ4n) is 4.88. The molecular formula is C46H52N4O15S4. The summed E-state index contributed by atoms with van der Waals surface area (Å²) in [4.78, 5) is 113. The molecule has 0 saturated heterocycles. The Balaban J connectivity index is 0.000000432. The highest BCUT2D eigenvalue weighted by Crippen LogP contribution is 2.19. The molecule has 5 N–H and O–H groups in total. The number of anilines is 2. The molecular weight excluding hydrogens is 977 g/mol. The molecule has 0 aliphatic carbocycles. The smallest absolute Gasteiger partial charge is 0.373 e. The Hall–Kier alpha value is -7.30. The van der Waals surface area contributed by atoms with Crippen LogP contribution in [0.3, 0.4) is 0 Å². The number of H-pyrrole nitrogens is 2. The molecule has 69 heavy (non-hydrogen) atoms. The van der Waals surface area contributed by atoms with Crippen LogP contribution in [0.25, 0.3) is 20.4 Å². The minimum atomic E-state index is -0.696. The Bertz CT molecular complexity index is 2790. The number of nitrogens with two attached hydrogens (primary N) is 1. The van der Waals surface area contributed by atoms with Crippen molar-refractivity contribution >= 4 is 119 Å². The number of fused-ring (bicyclic) bond motifs is 2. The summed E-state index contributed by atoms with van der Waals surface area (Å²) >= 11 is 5.45. The van der Waals surface area contributed by atoms with Crippen molar-refractivity contribution < 1.29 is 62.0 Å². The van der Waals surface area contributed by atoms with Crippen LogP contribution in [-0.2, 0) is 47.7 Å². The topological polar surface area (TPSA) is 286 Å². The maximum Gasteiger partial charge on any atom is 0.373 e. The predicted octanol–water partition coefficient (Wildman–Crippen LogP) is 8.17. The molecule has 0 amide bonds. The van der Waals surface area contributed by atoms with Crippen molar-refractivity contribution in [1.29, 1.82) is 0 Å². The van der Waals surface area contributed by atoms with Crippen LogP contribution >= 0.6 is 45.3 Å². The van der Waals surface area contributed by atoms with Gasteiger partial charge in [0.2, 0.25) is 10.9 Å². The average molecular weight is 1030 g/mol. The Kier molecular flexibility index (Phi) is 28.7. The molecule has 0 aromatic carbocycles. The molecule has 19 nitrogen and oxygen atoms in total. The molecule has 0 spiro atoms. The van der Waals surface area contributed by atoms with Gasteiger partial charge in [0.05, 0.1) is 65.2 Å². The van der Waals surface area contributed by atoms with E-state index in [9.17, 15) is 38.4 Å². The maximum atomic E-state index is 11.8. The van der Waals surface area contributed by atoms with Crippen LogP contribution < -0.4 is 21.9 Å². The van der Waals surface area contributed by atoms with Gasteiger partial charge in [-0.25, -0.2) is 24.0 Å². The number of esters is 5. The number of aromatic nitrogens is 2. The summed E-state index contributed by atoms with van der Waals surface area (Å²) in [6, 6.07) is 7.13. The molecule has 6 heterocycles. The van der Waals surface area contributed by atoms with E-state index in [1.165, 1.54) is 78.0 Å². The summed E-state index contributed by atoms with van der Waals surface area (Å²) in [5, 5.41) is 12.0. The lowest BCUT2D eigenvalue weighted by atomic mass is 10.2. The SMILES string of the molecule is C/C=C(\CC)C(=O)OCC.CC(=O)c1c[nH]c2ccsc2c1=O.CCOC(=O)C(=CNc1ccsc1)C(=O)OCC.CCOC(=O)c1c[nH]c2ccsc2c1=O.COC(=O)c1sccc1N.O=C=O. The van der Waals surface area contributed by atoms with Gasteiger partial charge in [0.1, 0.15) is 10.4 Å². The van der Waals surface area contributed by atoms with Gasteiger partial charge in [-0.3, -0.25) is 14.4 Å². The molecule has 0 bridgehead atoms.